The summed E-state index contributed by atoms with van der Waals surface area (Å²) in [6.45, 7) is 0.341. The summed E-state index contributed by atoms with van der Waals surface area (Å²) in [4.78, 5) is 25.4. The van der Waals surface area contributed by atoms with Gasteiger partial charge in [-0.2, -0.15) is 0 Å². The summed E-state index contributed by atoms with van der Waals surface area (Å²) >= 11 is 0. The Bertz CT molecular complexity index is 1180. The maximum Gasteiger partial charge on any atom is 0.252 e. The zero-order valence-electron chi connectivity index (χ0n) is 15.4. The number of ketones is 1. The predicted octanol–water partition coefficient (Wildman–Crippen LogP) is 3.07. The highest BCUT2D eigenvalue weighted by Gasteiger charge is 2.18. The minimum absolute atomic E-state index is 0.268. The number of halogens is 1. The summed E-state index contributed by atoms with van der Waals surface area (Å²) in [6, 6.07) is 17.4. The third kappa shape index (κ3) is 3.89. The number of fused-ring (bicyclic) bond motifs is 1. The zero-order valence-corrected chi connectivity index (χ0v) is 15.4. The molecule has 1 amide bonds. The first-order valence-electron chi connectivity index (χ1n) is 9.09. The fourth-order valence-electron chi connectivity index (χ4n) is 3.08. The number of benzene rings is 2. The van der Waals surface area contributed by atoms with E-state index in [2.05, 4.69) is 15.5 Å². The molecule has 0 spiro atoms. The van der Waals surface area contributed by atoms with Gasteiger partial charge in [0, 0.05) is 30.3 Å². The molecule has 144 valence electrons. The molecule has 0 fully saturated rings. The minimum Gasteiger partial charge on any atom is -0.352 e. The quantitative estimate of drug-likeness (QED) is 0.515. The number of pyridine rings is 1. The molecule has 0 unspecified atom stereocenters. The number of carbonyl (C=O) groups is 2. The van der Waals surface area contributed by atoms with Crippen LogP contribution in [0.5, 0.6) is 0 Å². The number of nitrogens with one attached hydrogen (secondary N) is 1. The van der Waals surface area contributed by atoms with Gasteiger partial charge in [0.15, 0.2) is 11.4 Å². The van der Waals surface area contributed by atoms with Crippen molar-refractivity contribution in [3.8, 4) is 0 Å². The Morgan fingerprint density at radius 2 is 1.62 bits per heavy atom. The number of rotatable bonds is 6. The summed E-state index contributed by atoms with van der Waals surface area (Å²) < 4.78 is 15.0. The molecule has 6 nitrogen and oxygen atoms in total. The van der Waals surface area contributed by atoms with E-state index in [1.165, 1.54) is 24.3 Å². The van der Waals surface area contributed by atoms with Gasteiger partial charge in [0.05, 0.1) is 5.56 Å². The van der Waals surface area contributed by atoms with Crippen LogP contribution in [0.4, 0.5) is 4.39 Å². The third-order valence-electron chi connectivity index (χ3n) is 4.54. The topological polar surface area (TPSA) is 76.4 Å². The zero-order chi connectivity index (χ0) is 20.2. The van der Waals surface area contributed by atoms with Crippen molar-refractivity contribution in [2.45, 2.75) is 6.42 Å². The van der Waals surface area contributed by atoms with E-state index in [1.54, 1.807) is 24.3 Å². The van der Waals surface area contributed by atoms with Crippen molar-refractivity contribution in [1.82, 2.24) is 19.9 Å². The van der Waals surface area contributed by atoms with Crippen LogP contribution in [0.1, 0.15) is 32.1 Å². The van der Waals surface area contributed by atoms with Crippen LogP contribution in [-0.4, -0.2) is 32.8 Å². The van der Waals surface area contributed by atoms with Gasteiger partial charge in [0.1, 0.15) is 11.6 Å². The van der Waals surface area contributed by atoms with Crippen molar-refractivity contribution in [3.05, 3.63) is 101 Å². The molecule has 2 aromatic heterocycles. The Balaban J connectivity index is 1.47. The fourth-order valence-corrected chi connectivity index (χ4v) is 3.08. The average molecular weight is 388 g/mol. The summed E-state index contributed by atoms with van der Waals surface area (Å²) in [6.07, 6.45) is 2.36. The maximum absolute atomic E-state index is 13.1. The molecule has 0 bridgehead atoms. The number of aromatic nitrogens is 3. The van der Waals surface area contributed by atoms with Gasteiger partial charge in [0.2, 0.25) is 0 Å². The van der Waals surface area contributed by atoms with Crippen molar-refractivity contribution in [2.75, 3.05) is 6.54 Å². The van der Waals surface area contributed by atoms with Crippen molar-refractivity contribution >= 4 is 17.3 Å². The molecule has 0 radical (unpaired) electrons. The van der Waals surface area contributed by atoms with Crippen LogP contribution in [0.15, 0.2) is 72.9 Å². The first kappa shape index (κ1) is 18.5. The standard InChI is InChI=1S/C22H17FN4O2/c23-16-10-8-15(9-11-16)21(28)17-5-1-2-6-18(17)22(29)24-13-12-20-26-25-19-7-3-4-14-27(19)20/h1-11,14H,12-13H2,(H,24,29). The van der Waals surface area contributed by atoms with Gasteiger partial charge >= 0.3 is 0 Å². The van der Waals surface area contributed by atoms with Gasteiger partial charge in [-0.3, -0.25) is 14.0 Å². The highest BCUT2D eigenvalue weighted by Crippen LogP contribution is 2.15. The number of carbonyl (C=O) groups excluding carboxylic acids is 2. The average Bonchev–Trinajstić information content (AvgIpc) is 3.17. The van der Waals surface area contributed by atoms with Gasteiger partial charge in [0.25, 0.3) is 5.91 Å². The molecule has 4 aromatic rings. The lowest BCUT2D eigenvalue weighted by Gasteiger charge is -2.09. The summed E-state index contributed by atoms with van der Waals surface area (Å²) in [5.41, 5.74) is 1.60. The summed E-state index contributed by atoms with van der Waals surface area (Å²) in [5.74, 6) is -0.380. The maximum atomic E-state index is 13.1. The van der Waals surface area contributed by atoms with Crippen molar-refractivity contribution in [1.29, 1.82) is 0 Å². The van der Waals surface area contributed by atoms with Crippen LogP contribution in [0.2, 0.25) is 0 Å². The Morgan fingerprint density at radius 1 is 0.897 bits per heavy atom. The van der Waals surface area contributed by atoms with E-state index in [4.69, 9.17) is 0 Å². The number of amides is 1. The molecule has 29 heavy (non-hydrogen) atoms. The molecule has 2 heterocycles. The van der Waals surface area contributed by atoms with Gasteiger partial charge in [-0.15, -0.1) is 10.2 Å². The first-order chi connectivity index (χ1) is 14.1. The molecule has 0 saturated heterocycles. The Hall–Kier alpha value is -3.87. The summed E-state index contributed by atoms with van der Waals surface area (Å²) in [7, 11) is 0. The highest BCUT2D eigenvalue weighted by molar-refractivity contribution is 6.15. The van der Waals surface area contributed by atoms with E-state index in [0.717, 1.165) is 11.5 Å². The molecule has 0 aliphatic heterocycles. The molecule has 0 saturated carbocycles. The van der Waals surface area contributed by atoms with E-state index in [1.807, 2.05) is 28.8 Å². The van der Waals surface area contributed by atoms with Crippen LogP contribution < -0.4 is 5.32 Å². The molecule has 0 aliphatic carbocycles. The normalized spacial score (nSPS) is 10.8. The molecule has 0 aliphatic rings. The lowest BCUT2D eigenvalue weighted by atomic mass is 9.98. The SMILES string of the molecule is O=C(NCCc1nnc2ccccn12)c1ccccc1C(=O)c1ccc(F)cc1. The largest absolute Gasteiger partial charge is 0.352 e. The molecular weight excluding hydrogens is 371 g/mol. The Kier molecular flexibility index (Phi) is 5.11. The summed E-state index contributed by atoms with van der Waals surface area (Å²) in [5, 5.41) is 11.0. The molecule has 7 heteroatoms. The van der Waals surface area contributed by atoms with E-state index in [0.29, 0.717) is 18.5 Å². The number of hydrogen-bond acceptors (Lipinski definition) is 4. The monoisotopic (exact) mass is 388 g/mol. The van der Waals surface area contributed by atoms with Crippen molar-refractivity contribution < 1.29 is 14.0 Å². The Labute approximate surface area is 166 Å². The minimum atomic E-state index is -0.423. The first-order valence-corrected chi connectivity index (χ1v) is 9.09. The lowest BCUT2D eigenvalue weighted by molar-refractivity contribution is 0.0942. The number of hydrogen-bond donors (Lipinski definition) is 1. The second-order valence-electron chi connectivity index (χ2n) is 6.43. The van der Waals surface area contributed by atoms with Crippen molar-refractivity contribution in [2.24, 2.45) is 0 Å². The van der Waals surface area contributed by atoms with Gasteiger partial charge in [-0.1, -0.05) is 24.3 Å². The highest BCUT2D eigenvalue weighted by atomic mass is 19.1. The van der Waals surface area contributed by atoms with Crippen LogP contribution in [0.25, 0.3) is 5.65 Å². The molecule has 0 atom stereocenters. The molecule has 2 aromatic carbocycles. The van der Waals surface area contributed by atoms with E-state index in [-0.39, 0.29) is 22.8 Å². The van der Waals surface area contributed by atoms with E-state index < -0.39 is 5.82 Å². The van der Waals surface area contributed by atoms with Gasteiger partial charge in [-0.05, 0) is 42.5 Å². The van der Waals surface area contributed by atoms with Gasteiger partial charge < -0.3 is 5.32 Å². The third-order valence-corrected chi connectivity index (χ3v) is 4.54. The smallest absolute Gasteiger partial charge is 0.252 e. The second kappa shape index (κ2) is 8.02. The Morgan fingerprint density at radius 3 is 2.41 bits per heavy atom. The van der Waals surface area contributed by atoms with Crippen LogP contribution in [0.3, 0.4) is 0 Å². The number of nitrogens with zero attached hydrogens (tertiary/aromatic N) is 3. The van der Waals surface area contributed by atoms with E-state index in [9.17, 15) is 14.0 Å². The van der Waals surface area contributed by atoms with Crippen LogP contribution in [-0.2, 0) is 6.42 Å². The van der Waals surface area contributed by atoms with E-state index >= 15 is 0 Å². The molecule has 4 rings (SSSR count). The van der Waals surface area contributed by atoms with Crippen molar-refractivity contribution in [3.63, 3.8) is 0 Å². The van der Waals surface area contributed by atoms with Gasteiger partial charge in [-0.25, -0.2) is 4.39 Å². The lowest BCUT2D eigenvalue weighted by Crippen LogP contribution is -2.28. The molecular formula is C22H17FN4O2. The molecule has 1 N–H and O–H groups in total. The fraction of sp³-hybridized carbons (Fsp3) is 0.0909. The van der Waals surface area contributed by atoms with Crippen LogP contribution in [0, 0.1) is 5.82 Å². The second-order valence-corrected chi connectivity index (χ2v) is 6.43. The predicted molar refractivity (Wildman–Crippen MR) is 105 cm³/mol. The van der Waals surface area contributed by atoms with Crippen LogP contribution >= 0.6 is 0 Å².